The van der Waals surface area contributed by atoms with Crippen LogP contribution in [0.5, 0.6) is 0 Å². The Kier molecular flexibility index (Phi) is 5.42. The predicted molar refractivity (Wildman–Crippen MR) is 180 cm³/mol. The second kappa shape index (κ2) is 9.61. The van der Waals surface area contributed by atoms with E-state index in [-0.39, 0.29) is 0 Å². The molecule has 2 aromatic heterocycles. The lowest BCUT2D eigenvalue weighted by atomic mass is 9.86. The van der Waals surface area contributed by atoms with Crippen LogP contribution in [0.2, 0.25) is 0 Å². The average molecular weight is 553 g/mol. The number of hydrogen-bond donors (Lipinski definition) is 0. The molecule has 0 N–H and O–H groups in total. The smallest absolute Gasteiger partial charge is 0.136 e. The number of rotatable bonds is 5. The second-order valence-electron chi connectivity index (χ2n) is 11.5. The minimum Gasteiger partial charge on any atom is -0.456 e. The van der Waals surface area contributed by atoms with Crippen molar-refractivity contribution in [3.8, 4) is 11.1 Å². The van der Waals surface area contributed by atoms with Gasteiger partial charge in [-0.05, 0) is 87.3 Å². The first-order valence-corrected chi connectivity index (χ1v) is 15.1. The molecule has 2 heterocycles. The van der Waals surface area contributed by atoms with Gasteiger partial charge >= 0.3 is 0 Å². The van der Waals surface area contributed by atoms with E-state index in [0.29, 0.717) is 0 Å². The molecule has 0 radical (unpaired) electrons. The van der Waals surface area contributed by atoms with Crippen LogP contribution in [0.3, 0.4) is 0 Å². The zero-order valence-corrected chi connectivity index (χ0v) is 23.6. The summed E-state index contributed by atoms with van der Waals surface area (Å²) in [6, 6.07) is 47.5. The van der Waals surface area contributed by atoms with Crippen LogP contribution >= 0.6 is 0 Å². The number of aryl methyl sites for hydroxylation is 2. The Hall–Kier alpha value is -5.34. The van der Waals surface area contributed by atoms with Gasteiger partial charge in [0.05, 0.1) is 0 Å². The van der Waals surface area contributed by atoms with Crippen molar-refractivity contribution in [2.75, 3.05) is 0 Å². The molecule has 0 fully saturated rings. The quantitative estimate of drug-likeness (QED) is 0.199. The van der Waals surface area contributed by atoms with E-state index in [1.807, 2.05) is 18.2 Å². The summed E-state index contributed by atoms with van der Waals surface area (Å²) < 4.78 is 12.7. The lowest BCUT2D eigenvalue weighted by molar-refractivity contribution is 0.662. The molecule has 43 heavy (non-hydrogen) atoms. The van der Waals surface area contributed by atoms with E-state index < -0.39 is 0 Å². The van der Waals surface area contributed by atoms with Crippen LogP contribution in [0.25, 0.3) is 76.5 Å². The first-order valence-electron chi connectivity index (χ1n) is 15.1. The topological polar surface area (TPSA) is 26.3 Å². The summed E-state index contributed by atoms with van der Waals surface area (Å²) >= 11 is 0. The van der Waals surface area contributed by atoms with Gasteiger partial charge in [-0.1, -0.05) is 109 Å². The van der Waals surface area contributed by atoms with Gasteiger partial charge < -0.3 is 8.83 Å². The summed E-state index contributed by atoms with van der Waals surface area (Å²) in [4.78, 5) is 0. The zero-order chi connectivity index (χ0) is 28.3. The van der Waals surface area contributed by atoms with Gasteiger partial charge in [-0.3, -0.25) is 0 Å². The van der Waals surface area contributed by atoms with Crippen molar-refractivity contribution >= 4 is 65.4 Å². The van der Waals surface area contributed by atoms with Crippen LogP contribution in [0.15, 0.2) is 142 Å². The first-order chi connectivity index (χ1) is 21.3. The number of benzene rings is 7. The van der Waals surface area contributed by atoms with E-state index >= 15 is 0 Å². The summed E-state index contributed by atoms with van der Waals surface area (Å²) in [6.07, 6.45) is 2.99. The largest absolute Gasteiger partial charge is 0.456 e. The van der Waals surface area contributed by atoms with Gasteiger partial charge in [-0.25, -0.2) is 0 Å². The van der Waals surface area contributed by atoms with Crippen LogP contribution in [-0.4, -0.2) is 0 Å². The molecule has 0 aliphatic carbocycles. The van der Waals surface area contributed by atoms with Gasteiger partial charge in [-0.15, -0.1) is 0 Å². The molecule has 0 atom stereocenters. The normalized spacial score (nSPS) is 12.0. The Bertz CT molecular complexity index is 2420. The van der Waals surface area contributed by atoms with Crippen LogP contribution in [0.4, 0.5) is 0 Å². The Labute approximate surface area is 248 Å². The number of furan rings is 2. The highest BCUT2D eigenvalue weighted by molar-refractivity contribution is 6.26. The summed E-state index contributed by atoms with van der Waals surface area (Å²) in [5.74, 6) is 0. The fourth-order valence-corrected chi connectivity index (χ4v) is 7.26. The van der Waals surface area contributed by atoms with E-state index in [1.165, 1.54) is 49.2 Å². The van der Waals surface area contributed by atoms with E-state index in [1.54, 1.807) is 0 Å². The van der Waals surface area contributed by atoms with Crippen molar-refractivity contribution in [3.63, 3.8) is 0 Å². The van der Waals surface area contributed by atoms with Gasteiger partial charge in [0.15, 0.2) is 0 Å². The first kappa shape index (κ1) is 24.3. The van der Waals surface area contributed by atoms with Crippen LogP contribution in [0, 0.1) is 0 Å². The molecule has 7 aromatic carbocycles. The molecular formula is C41H28O2. The van der Waals surface area contributed by atoms with Gasteiger partial charge in [0, 0.05) is 21.5 Å². The van der Waals surface area contributed by atoms with E-state index in [0.717, 1.165) is 57.8 Å². The predicted octanol–water partition coefficient (Wildman–Crippen LogP) is 11.6. The third-order valence-electron chi connectivity index (χ3n) is 9.07. The molecule has 9 rings (SSSR count). The van der Waals surface area contributed by atoms with Crippen molar-refractivity contribution in [1.29, 1.82) is 0 Å². The summed E-state index contributed by atoms with van der Waals surface area (Å²) in [5.41, 5.74) is 9.00. The van der Waals surface area contributed by atoms with Gasteiger partial charge in [-0.2, -0.15) is 0 Å². The van der Waals surface area contributed by atoms with Crippen LogP contribution in [0.1, 0.15) is 17.5 Å². The van der Waals surface area contributed by atoms with Gasteiger partial charge in [0.2, 0.25) is 0 Å². The lowest BCUT2D eigenvalue weighted by Crippen LogP contribution is -1.96. The molecule has 9 aromatic rings. The van der Waals surface area contributed by atoms with Crippen molar-refractivity contribution < 1.29 is 8.83 Å². The molecule has 0 aliphatic rings. The number of para-hydroxylation sites is 1. The Morgan fingerprint density at radius 2 is 0.930 bits per heavy atom. The highest BCUT2D eigenvalue weighted by Crippen LogP contribution is 2.42. The minimum atomic E-state index is 0.905. The number of fused-ring (bicyclic) bond motifs is 9. The van der Waals surface area contributed by atoms with E-state index in [9.17, 15) is 0 Å². The van der Waals surface area contributed by atoms with E-state index in [2.05, 4.69) is 115 Å². The molecule has 0 bridgehead atoms. The monoisotopic (exact) mass is 552 g/mol. The van der Waals surface area contributed by atoms with Crippen molar-refractivity contribution in [3.05, 3.63) is 145 Å². The fourth-order valence-electron chi connectivity index (χ4n) is 7.26. The molecule has 2 nitrogen and oxygen atoms in total. The highest BCUT2D eigenvalue weighted by atomic mass is 16.3. The van der Waals surface area contributed by atoms with Crippen molar-refractivity contribution in [2.24, 2.45) is 0 Å². The minimum absolute atomic E-state index is 0.905. The maximum absolute atomic E-state index is 6.41. The Balaban J connectivity index is 1.17. The summed E-state index contributed by atoms with van der Waals surface area (Å²) in [6.45, 7) is 0. The third kappa shape index (κ3) is 3.73. The number of hydrogen-bond acceptors (Lipinski definition) is 2. The molecule has 2 heteroatoms. The molecule has 0 aliphatic heterocycles. The standard InChI is InChI=1S/C41H28O2/c1-2-12-26(13-3-1)38-31-18-6-4-16-29(31)28(30-17-5-7-19-32(30)38)21-10-14-27-15-11-23-35-39(27)41-37(43-35)25-24-36-40(41)33-20-8-9-22-34(33)42-36/h1-9,11-13,15-20,22-25H,10,14,21H2. The van der Waals surface area contributed by atoms with Crippen LogP contribution < -0.4 is 0 Å². The maximum atomic E-state index is 6.41. The lowest BCUT2D eigenvalue weighted by Gasteiger charge is -2.17. The fraction of sp³-hybridized carbons (Fsp3) is 0.0732. The molecular weight excluding hydrogens is 524 g/mol. The van der Waals surface area contributed by atoms with Crippen molar-refractivity contribution in [1.82, 2.24) is 0 Å². The molecule has 0 amide bonds. The average Bonchev–Trinajstić information content (AvgIpc) is 3.63. The molecule has 0 spiro atoms. The highest BCUT2D eigenvalue weighted by Gasteiger charge is 2.19. The molecule has 204 valence electrons. The zero-order valence-electron chi connectivity index (χ0n) is 23.6. The van der Waals surface area contributed by atoms with Gasteiger partial charge in [0.1, 0.15) is 22.3 Å². The van der Waals surface area contributed by atoms with Gasteiger partial charge in [0.25, 0.3) is 0 Å². The SMILES string of the molecule is c1ccc(-c2c3ccccc3c(CCCc3cccc4oc5ccc6oc7ccccc7c6c5c34)c3ccccc23)cc1. The molecule has 0 unspecified atom stereocenters. The second-order valence-corrected chi connectivity index (χ2v) is 11.5. The maximum Gasteiger partial charge on any atom is 0.136 e. The Morgan fingerprint density at radius 3 is 1.67 bits per heavy atom. The van der Waals surface area contributed by atoms with Crippen molar-refractivity contribution in [2.45, 2.75) is 19.3 Å². The van der Waals surface area contributed by atoms with Crippen LogP contribution in [-0.2, 0) is 12.8 Å². The molecule has 0 saturated heterocycles. The third-order valence-corrected chi connectivity index (χ3v) is 9.07. The van der Waals surface area contributed by atoms with E-state index in [4.69, 9.17) is 8.83 Å². The molecule has 0 saturated carbocycles. The Morgan fingerprint density at radius 1 is 0.372 bits per heavy atom. The summed E-state index contributed by atoms with van der Waals surface area (Å²) in [7, 11) is 0. The summed E-state index contributed by atoms with van der Waals surface area (Å²) in [5, 5.41) is 9.99.